The molecule has 0 spiro atoms. The number of fused-ring (bicyclic) bond motifs is 1. The van der Waals surface area contributed by atoms with Gasteiger partial charge < -0.3 is 10.4 Å². The minimum atomic E-state index is -0.813. The quantitative estimate of drug-likeness (QED) is 0.617. The molecule has 0 radical (unpaired) electrons. The highest BCUT2D eigenvalue weighted by Gasteiger charge is 2.50. The number of hydrogen-bond donors (Lipinski definition) is 2. The molecule has 3 heteroatoms. The molecule has 1 saturated carbocycles. The molecular formula is C11H20N2O. The van der Waals surface area contributed by atoms with Gasteiger partial charge in [0.1, 0.15) is 0 Å². The van der Waals surface area contributed by atoms with E-state index >= 15 is 0 Å². The first kappa shape index (κ1) is 9.97. The third-order valence-electron chi connectivity index (χ3n) is 3.75. The van der Waals surface area contributed by atoms with Gasteiger partial charge in [-0.3, -0.25) is 0 Å². The Balaban J connectivity index is 2.29. The Hall–Kier alpha value is -0.570. The van der Waals surface area contributed by atoms with Gasteiger partial charge in [0.25, 0.3) is 0 Å². The van der Waals surface area contributed by atoms with E-state index in [0.717, 1.165) is 12.8 Å². The molecule has 80 valence electrons. The van der Waals surface area contributed by atoms with Crippen LogP contribution < -0.4 is 5.32 Å². The Morgan fingerprint density at radius 3 is 2.86 bits per heavy atom. The molecule has 3 nitrogen and oxygen atoms in total. The van der Waals surface area contributed by atoms with Crippen LogP contribution in [0.1, 0.15) is 40.0 Å². The second kappa shape index (κ2) is 2.96. The zero-order chi connectivity index (χ0) is 10.4. The third-order valence-corrected chi connectivity index (χ3v) is 3.75. The molecule has 3 unspecified atom stereocenters. The van der Waals surface area contributed by atoms with Crippen LogP contribution in [0.3, 0.4) is 0 Å². The number of hydrogen-bond acceptors (Lipinski definition) is 3. The van der Waals surface area contributed by atoms with E-state index in [0.29, 0.717) is 5.92 Å². The van der Waals surface area contributed by atoms with Crippen LogP contribution in [0.5, 0.6) is 0 Å². The second-order valence-electron chi connectivity index (χ2n) is 5.44. The highest BCUT2D eigenvalue weighted by atomic mass is 16.3. The van der Waals surface area contributed by atoms with Crippen LogP contribution in [0.15, 0.2) is 4.99 Å². The van der Waals surface area contributed by atoms with Gasteiger partial charge in [0.05, 0.1) is 6.34 Å². The average Bonchev–Trinajstić information content (AvgIpc) is 2.00. The largest absolute Gasteiger partial charge is 0.371 e. The van der Waals surface area contributed by atoms with Crippen molar-refractivity contribution in [2.24, 2.45) is 16.8 Å². The molecule has 0 bridgehead atoms. The van der Waals surface area contributed by atoms with Gasteiger partial charge in [0.15, 0.2) is 5.72 Å². The van der Waals surface area contributed by atoms with Crippen LogP contribution in [0.2, 0.25) is 0 Å². The molecule has 1 aliphatic heterocycles. The van der Waals surface area contributed by atoms with Crippen molar-refractivity contribution in [2.75, 3.05) is 0 Å². The van der Waals surface area contributed by atoms with E-state index < -0.39 is 5.72 Å². The lowest BCUT2D eigenvalue weighted by Gasteiger charge is -2.50. The zero-order valence-corrected chi connectivity index (χ0v) is 9.25. The van der Waals surface area contributed by atoms with Gasteiger partial charge in [0.2, 0.25) is 0 Å². The highest BCUT2D eigenvalue weighted by Crippen LogP contribution is 2.44. The van der Waals surface area contributed by atoms with Gasteiger partial charge in [-0.05, 0) is 32.6 Å². The Kier molecular flexibility index (Phi) is 2.11. The maximum Gasteiger partial charge on any atom is 0.162 e. The fraction of sp³-hybridized carbons (Fsp3) is 0.909. The SMILES string of the molecule is CC1CCC2C(O)(C1)N=CNC2(C)C. The van der Waals surface area contributed by atoms with Crippen molar-refractivity contribution in [1.82, 2.24) is 5.32 Å². The minimum absolute atomic E-state index is 0.0311. The van der Waals surface area contributed by atoms with E-state index in [2.05, 4.69) is 31.1 Å². The molecule has 14 heavy (non-hydrogen) atoms. The topological polar surface area (TPSA) is 44.6 Å². The third kappa shape index (κ3) is 1.44. The average molecular weight is 196 g/mol. The number of rotatable bonds is 0. The lowest BCUT2D eigenvalue weighted by Crippen LogP contribution is -2.60. The number of nitrogens with zero attached hydrogens (tertiary/aromatic N) is 1. The molecule has 0 aromatic heterocycles. The lowest BCUT2D eigenvalue weighted by atomic mass is 9.67. The van der Waals surface area contributed by atoms with Gasteiger partial charge in [0, 0.05) is 11.5 Å². The molecule has 3 atom stereocenters. The monoisotopic (exact) mass is 196 g/mol. The first-order valence-corrected chi connectivity index (χ1v) is 5.48. The maximum absolute atomic E-state index is 10.5. The van der Waals surface area contributed by atoms with Gasteiger partial charge in [-0.2, -0.15) is 0 Å². The van der Waals surface area contributed by atoms with Crippen LogP contribution in [0, 0.1) is 11.8 Å². The molecule has 1 fully saturated rings. The Morgan fingerprint density at radius 2 is 2.14 bits per heavy atom. The molecule has 0 aromatic carbocycles. The molecule has 2 N–H and O–H groups in total. The van der Waals surface area contributed by atoms with Crippen molar-refractivity contribution in [2.45, 2.75) is 51.3 Å². The van der Waals surface area contributed by atoms with Crippen molar-refractivity contribution < 1.29 is 5.11 Å². The van der Waals surface area contributed by atoms with Crippen molar-refractivity contribution in [1.29, 1.82) is 0 Å². The van der Waals surface area contributed by atoms with Crippen molar-refractivity contribution >= 4 is 6.34 Å². The summed E-state index contributed by atoms with van der Waals surface area (Å²) in [6, 6.07) is 0. The molecule has 2 rings (SSSR count). The summed E-state index contributed by atoms with van der Waals surface area (Å²) in [5, 5.41) is 13.7. The number of aliphatic imine (C=N–C) groups is 1. The van der Waals surface area contributed by atoms with Gasteiger partial charge in [-0.1, -0.05) is 13.3 Å². The van der Waals surface area contributed by atoms with E-state index in [1.807, 2.05) is 0 Å². The minimum Gasteiger partial charge on any atom is -0.371 e. The summed E-state index contributed by atoms with van der Waals surface area (Å²) < 4.78 is 0. The smallest absolute Gasteiger partial charge is 0.162 e. The van der Waals surface area contributed by atoms with Crippen LogP contribution in [0.4, 0.5) is 0 Å². The van der Waals surface area contributed by atoms with E-state index in [1.165, 1.54) is 6.42 Å². The first-order chi connectivity index (χ1) is 6.44. The van der Waals surface area contributed by atoms with Crippen molar-refractivity contribution in [3.05, 3.63) is 0 Å². The summed E-state index contributed by atoms with van der Waals surface area (Å²) in [5.41, 5.74) is -0.844. The fourth-order valence-electron chi connectivity index (χ4n) is 2.93. The van der Waals surface area contributed by atoms with Gasteiger partial charge in [-0.25, -0.2) is 4.99 Å². The molecule has 1 heterocycles. The van der Waals surface area contributed by atoms with Gasteiger partial charge >= 0.3 is 0 Å². The summed E-state index contributed by atoms with van der Waals surface area (Å²) in [7, 11) is 0. The van der Waals surface area contributed by atoms with Crippen LogP contribution in [-0.2, 0) is 0 Å². The van der Waals surface area contributed by atoms with Crippen molar-refractivity contribution in [3.8, 4) is 0 Å². The summed E-state index contributed by atoms with van der Waals surface area (Å²) in [4.78, 5) is 4.25. The molecular weight excluding hydrogens is 176 g/mol. The normalized spacial score (nSPS) is 45.4. The predicted molar refractivity (Wildman–Crippen MR) is 57.2 cm³/mol. The number of nitrogens with one attached hydrogen (secondary N) is 1. The molecule has 0 aromatic rings. The second-order valence-corrected chi connectivity index (χ2v) is 5.44. The maximum atomic E-state index is 10.5. The molecule has 0 amide bonds. The standard InChI is InChI=1S/C11H20N2O/c1-8-4-5-9-10(2,3)12-7-13-11(9,14)6-8/h7-9,14H,4-6H2,1-3H3,(H,12,13). The Labute approximate surface area is 85.6 Å². The van der Waals surface area contributed by atoms with E-state index in [9.17, 15) is 5.11 Å². The van der Waals surface area contributed by atoms with E-state index in [-0.39, 0.29) is 11.5 Å². The zero-order valence-electron chi connectivity index (χ0n) is 9.25. The summed E-state index contributed by atoms with van der Waals surface area (Å²) >= 11 is 0. The van der Waals surface area contributed by atoms with E-state index in [1.54, 1.807) is 6.34 Å². The highest BCUT2D eigenvalue weighted by molar-refractivity contribution is 5.58. The molecule has 0 saturated heterocycles. The fourth-order valence-corrected chi connectivity index (χ4v) is 2.93. The van der Waals surface area contributed by atoms with Crippen LogP contribution in [-0.4, -0.2) is 22.7 Å². The summed E-state index contributed by atoms with van der Waals surface area (Å²) in [6.45, 7) is 6.48. The number of aliphatic hydroxyl groups is 1. The summed E-state index contributed by atoms with van der Waals surface area (Å²) in [5.74, 6) is 0.832. The summed E-state index contributed by atoms with van der Waals surface area (Å²) in [6.07, 6.45) is 4.75. The molecule has 2 aliphatic rings. The first-order valence-electron chi connectivity index (χ1n) is 5.48. The molecule has 1 aliphatic carbocycles. The van der Waals surface area contributed by atoms with Crippen LogP contribution in [0.25, 0.3) is 0 Å². The predicted octanol–water partition coefficient (Wildman–Crippen LogP) is 1.52. The Morgan fingerprint density at radius 1 is 1.43 bits per heavy atom. The Bertz CT molecular complexity index is 262. The van der Waals surface area contributed by atoms with Crippen LogP contribution >= 0.6 is 0 Å². The van der Waals surface area contributed by atoms with Gasteiger partial charge in [-0.15, -0.1) is 0 Å². The lowest BCUT2D eigenvalue weighted by molar-refractivity contribution is -0.0888. The van der Waals surface area contributed by atoms with E-state index in [4.69, 9.17) is 0 Å². The van der Waals surface area contributed by atoms with Crippen molar-refractivity contribution in [3.63, 3.8) is 0 Å².